The maximum Gasteiger partial charge on any atom is 0.0790 e. The first kappa shape index (κ1) is 17.4. The molecule has 1 aromatic heterocycles. The van der Waals surface area contributed by atoms with E-state index in [1.54, 1.807) is 0 Å². The molecule has 0 spiro atoms. The first-order valence-electron chi connectivity index (χ1n) is 9.91. The van der Waals surface area contributed by atoms with Crippen LogP contribution in [0.4, 0.5) is 0 Å². The number of rotatable bonds is 3. The average molecular weight is 371 g/mol. The minimum Gasteiger partial charge on any atom is -0.247 e. The van der Waals surface area contributed by atoms with Gasteiger partial charge in [0.15, 0.2) is 0 Å². The second-order valence-electron chi connectivity index (χ2n) is 7.34. The summed E-state index contributed by atoms with van der Waals surface area (Å²) in [6, 6.07) is 38.3. The Labute approximate surface area is 171 Å². The fourth-order valence-electron chi connectivity index (χ4n) is 3.90. The lowest BCUT2D eigenvalue weighted by Gasteiger charge is -2.13. The van der Waals surface area contributed by atoms with Crippen LogP contribution in [0.1, 0.15) is 5.56 Å². The van der Waals surface area contributed by atoms with Crippen molar-refractivity contribution in [1.82, 2.24) is 4.98 Å². The molecule has 0 saturated heterocycles. The van der Waals surface area contributed by atoms with Crippen molar-refractivity contribution < 1.29 is 0 Å². The molecule has 4 aromatic carbocycles. The third kappa shape index (κ3) is 3.32. The SMILES string of the molecule is Cc1cc(-c2ccccc2)ccc1-c1nc(-c2ccccc2)cc2ccccc12. The fourth-order valence-corrected chi connectivity index (χ4v) is 3.90. The lowest BCUT2D eigenvalue weighted by atomic mass is 9.95. The summed E-state index contributed by atoms with van der Waals surface area (Å²) in [7, 11) is 0. The largest absolute Gasteiger partial charge is 0.247 e. The predicted octanol–water partition coefficient (Wildman–Crippen LogP) is 7.54. The lowest BCUT2D eigenvalue weighted by molar-refractivity contribution is 1.33. The third-order valence-electron chi connectivity index (χ3n) is 5.40. The molecule has 138 valence electrons. The number of benzene rings is 4. The summed E-state index contributed by atoms with van der Waals surface area (Å²) in [6.07, 6.45) is 0. The fraction of sp³-hybridized carbons (Fsp3) is 0.0357. The van der Waals surface area contributed by atoms with Crippen molar-refractivity contribution in [2.45, 2.75) is 6.92 Å². The first-order chi connectivity index (χ1) is 14.3. The van der Waals surface area contributed by atoms with Gasteiger partial charge in [-0.2, -0.15) is 0 Å². The van der Waals surface area contributed by atoms with Crippen molar-refractivity contribution in [3.05, 3.63) is 115 Å². The van der Waals surface area contributed by atoms with Gasteiger partial charge in [-0.1, -0.05) is 103 Å². The molecule has 0 aliphatic rings. The van der Waals surface area contributed by atoms with Gasteiger partial charge < -0.3 is 0 Å². The van der Waals surface area contributed by atoms with Crippen molar-refractivity contribution in [2.24, 2.45) is 0 Å². The molecular formula is C28H21N. The number of hydrogen-bond acceptors (Lipinski definition) is 1. The summed E-state index contributed by atoms with van der Waals surface area (Å²) in [6.45, 7) is 2.17. The van der Waals surface area contributed by atoms with E-state index in [1.165, 1.54) is 33.0 Å². The molecule has 0 fully saturated rings. The number of hydrogen-bond donors (Lipinski definition) is 0. The zero-order chi connectivity index (χ0) is 19.6. The molecule has 1 heterocycles. The molecule has 0 radical (unpaired) electrons. The van der Waals surface area contributed by atoms with Crippen LogP contribution in [0, 0.1) is 6.92 Å². The smallest absolute Gasteiger partial charge is 0.0790 e. The molecule has 1 nitrogen and oxygen atoms in total. The second-order valence-corrected chi connectivity index (χ2v) is 7.34. The molecule has 0 N–H and O–H groups in total. The summed E-state index contributed by atoms with van der Waals surface area (Å²) < 4.78 is 0. The Morgan fingerprint density at radius 2 is 1.21 bits per heavy atom. The second kappa shape index (κ2) is 7.37. The normalized spacial score (nSPS) is 10.9. The summed E-state index contributed by atoms with van der Waals surface area (Å²) in [5.41, 5.74) is 8.06. The summed E-state index contributed by atoms with van der Waals surface area (Å²) in [5.74, 6) is 0. The average Bonchev–Trinajstić information content (AvgIpc) is 2.79. The van der Waals surface area contributed by atoms with Crippen LogP contribution in [0.2, 0.25) is 0 Å². The predicted molar refractivity (Wildman–Crippen MR) is 123 cm³/mol. The van der Waals surface area contributed by atoms with Crippen LogP contribution in [0.25, 0.3) is 44.4 Å². The van der Waals surface area contributed by atoms with Crippen LogP contribution in [0.5, 0.6) is 0 Å². The summed E-state index contributed by atoms with van der Waals surface area (Å²) >= 11 is 0. The Balaban J connectivity index is 1.70. The number of aromatic nitrogens is 1. The molecule has 0 bridgehead atoms. The van der Waals surface area contributed by atoms with Gasteiger partial charge >= 0.3 is 0 Å². The zero-order valence-corrected chi connectivity index (χ0v) is 16.3. The maximum atomic E-state index is 5.10. The van der Waals surface area contributed by atoms with E-state index in [0.29, 0.717) is 0 Å². The topological polar surface area (TPSA) is 12.9 Å². The molecule has 0 saturated carbocycles. The lowest BCUT2D eigenvalue weighted by Crippen LogP contribution is -1.93. The van der Waals surface area contributed by atoms with Crippen molar-refractivity contribution in [2.75, 3.05) is 0 Å². The van der Waals surface area contributed by atoms with Crippen LogP contribution in [-0.4, -0.2) is 4.98 Å². The summed E-state index contributed by atoms with van der Waals surface area (Å²) in [5, 5.41) is 2.39. The molecule has 0 amide bonds. The highest BCUT2D eigenvalue weighted by atomic mass is 14.7. The van der Waals surface area contributed by atoms with Crippen molar-refractivity contribution in [3.8, 4) is 33.6 Å². The van der Waals surface area contributed by atoms with Gasteiger partial charge in [-0.05, 0) is 35.1 Å². The quantitative estimate of drug-likeness (QED) is 0.319. The minimum absolute atomic E-state index is 1.01. The van der Waals surface area contributed by atoms with Crippen molar-refractivity contribution >= 4 is 10.8 Å². The maximum absolute atomic E-state index is 5.10. The Hall–Kier alpha value is -3.71. The zero-order valence-electron chi connectivity index (χ0n) is 16.3. The minimum atomic E-state index is 1.01. The molecule has 0 aliphatic heterocycles. The van der Waals surface area contributed by atoms with Gasteiger partial charge in [-0.25, -0.2) is 4.98 Å². The molecule has 0 atom stereocenters. The highest BCUT2D eigenvalue weighted by Gasteiger charge is 2.12. The standard InChI is InChI=1S/C28H21N/c1-20-18-23(21-10-4-2-5-11-21)16-17-25(20)28-26-15-9-8-14-24(26)19-27(29-28)22-12-6-3-7-13-22/h2-19H,1H3. The van der Waals surface area contributed by atoms with E-state index in [1.807, 2.05) is 6.07 Å². The Bertz CT molecular complexity index is 1290. The molecular weight excluding hydrogens is 350 g/mol. The van der Waals surface area contributed by atoms with E-state index in [2.05, 4.69) is 110 Å². The molecule has 5 aromatic rings. The van der Waals surface area contributed by atoms with Gasteiger partial charge in [0.05, 0.1) is 11.4 Å². The number of nitrogens with zero attached hydrogens (tertiary/aromatic N) is 1. The van der Waals surface area contributed by atoms with Gasteiger partial charge in [-0.15, -0.1) is 0 Å². The molecule has 5 rings (SSSR count). The highest BCUT2D eigenvalue weighted by molar-refractivity contribution is 5.97. The van der Waals surface area contributed by atoms with Crippen LogP contribution in [0.15, 0.2) is 109 Å². The van der Waals surface area contributed by atoms with Gasteiger partial charge in [-0.3, -0.25) is 0 Å². The van der Waals surface area contributed by atoms with Crippen LogP contribution < -0.4 is 0 Å². The summed E-state index contributed by atoms with van der Waals surface area (Å²) in [4.78, 5) is 5.10. The third-order valence-corrected chi connectivity index (χ3v) is 5.40. The van der Waals surface area contributed by atoms with Crippen LogP contribution in [0.3, 0.4) is 0 Å². The van der Waals surface area contributed by atoms with E-state index in [4.69, 9.17) is 4.98 Å². The van der Waals surface area contributed by atoms with E-state index >= 15 is 0 Å². The Morgan fingerprint density at radius 3 is 1.93 bits per heavy atom. The Kier molecular flexibility index (Phi) is 4.42. The number of aryl methyl sites for hydroxylation is 1. The van der Waals surface area contributed by atoms with Gasteiger partial charge in [0.1, 0.15) is 0 Å². The number of fused-ring (bicyclic) bond motifs is 1. The van der Waals surface area contributed by atoms with Gasteiger partial charge in [0, 0.05) is 16.5 Å². The molecule has 0 aliphatic carbocycles. The van der Waals surface area contributed by atoms with Gasteiger partial charge in [0.25, 0.3) is 0 Å². The van der Waals surface area contributed by atoms with Crippen LogP contribution in [-0.2, 0) is 0 Å². The van der Waals surface area contributed by atoms with Crippen molar-refractivity contribution in [3.63, 3.8) is 0 Å². The van der Waals surface area contributed by atoms with Gasteiger partial charge in [0.2, 0.25) is 0 Å². The monoisotopic (exact) mass is 371 g/mol. The highest BCUT2D eigenvalue weighted by Crippen LogP contribution is 2.34. The first-order valence-corrected chi connectivity index (χ1v) is 9.91. The van der Waals surface area contributed by atoms with E-state index in [0.717, 1.165) is 17.0 Å². The molecule has 29 heavy (non-hydrogen) atoms. The number of pyridine rings is 1. The van der Waals surface area contributed by atoms with E-state index in [-0.39, 0.29) is 0 Å². The van der Waals surface area contributed by atoms with Crippen LogP contribution >= 0.6 is 0 Å². The Morgan fingerprint density at radius 1 is 0.552 bits per heavy atom. The van der Waals surface area contributed by atoms with Crippen molar-refractivity contribution in [1.29, 1.82) is 0 Å². The molecule has 1 heteroatoms. The van der Waals surface area contributed by atoms with E-state index < -0.39 is 0 Å². The van der Waals surface area contributed by atoms with E-state index in [9.17, 15) is 0 Å². The molecule has 0 unspecified atom stereocenters.